The van der Waals surface area contributed by atoms with Crippen molar-refractivity contribution in [2.75, 3.05) is 34.5 Å². The number of ether oxygens (including phenoxy) is 3. The first-order valence-corrected chi connectivity index (χ1v) is 9.56. The Labute approximate surface area is 179 Å². The van der Waals surface area contributed by atoms with Crippen LogP contribution in [0.5, 0.6) is 11.5 Å². The normalized spacial score (nSPS) is 18.0. The zero-order chi connectivity index (χ0) is 21.8. The summed E-state index contributed by atoms with van der Waals surface area (Å²) in [5.74, 6) is -1.03. The van der Waals surface area contributed by atoms with Crippen molar-refractivity contribution in [3.63, 3.8) is 0 Å². The van der Waals surface area contributed by atoms with Crippen LogP contribution in [0, 0.1) is 0 Å². The van der Waals surface area contributed by atoms with Crippen molar-refractivity contribution in [2.24, 2.45) is 0 Å². The summed E-state index contributed by atoms with van der Waals surface area (Å²) in [4.78, 5) is 27.1. The van der Waals surface area contributed by atoms with Crippen molar-refractivity contribution < 1.29 is 28.9 Å². The maximum atomic E-state index is 13.0. The van der Waals surface area contributed by atoms with Crippen molar-refractivity contribution in [1.82, 2.24) is 4.90 Å². The first-order chi connectivity index (χ1) is 14.4. The largest absolute Gasteiger partial charge is 0.507 e. The number of carbonyl (C=O) groups excluding carboxylic acids is 2. The molecule has 1 N–H and O–H groups in total. The van der Waals surface area contributed by atoms with E-state index in [4.69, 9.17) is 25.8 Å². The van der Waals surface area contributed by atoms with E-state index in [0.29, 0.717) is 22.1 Å². The lowest BCUT2D eigenvalue weighted by Crippen LogP contribution is -2.32. The molecule has 3 rings (SSSR count). The second-order valence-corrected chi connectivity index (χ2v) is 7.04. The van der Waals surface area contributed by atoms with Crippen LogP contribution in [0.1, 0.15) is 17.2 Å². The van der Waals surface area contributed by atoms with Crippen LogP contribution in [-0.4, -0.2) is 56.2 Å². The standard InChI is InChI=1S/C22H22ClNO6/c1-28-11-10-24-19(13-4-6-14(23)7-5-13)18(21(26)22(24)27)20(25)16-12-15(29-2)8-9-17(16)30-3/h4-9,12,19,25H,10-11H2,1-3H3/b20-18+. The molecule has 8 heteroatoms. The number of rotatable bonds is 7. The maximum absolute atomic E-state index is 13.0. The predicted molar refractivity (Wildman–Crippen MR) is 112 cm³/mol. The van der Waals surface area contributed by atoms with Crippen molar-refractivity contribution in [3.8, 4) is 11.5 Å². The summed E-state index contributed by atoms with van der Waals surface area (Å²) in [5, 5.41) is 11.7. The average Bonchev–Trinajstić information content (AvgIpc) is 3.01. The zero-order valence-corrected chi connectivity index (χ0v) is 17.6. The lowest BCUT2D eigenvalue weighted by atomic mass is 9.95. The molecular weight excluding hydrogens is 410 g/mol. The van der Waals surface area contributed by atoms with Gasteiger partial charge in [0.15, 0.2) is 0 Å². The molecule has 158 valence electrons. The number of nitrogens with zero attached hydrogens (tertiary/aromatic N) is 1. The molecular formula is C22H22ClNO6. The lowest BCUT2D eigenvalue weighted by Gasteiger charge is -2.25. The summed E-state index contributed by atoms with van der Waals surface area (Å²) in [5.41, 5.74) is 0.851. The van der Waals surface area contributed by atoms with Gasteiger partial charge in [-0.3, -0.25) is 9.59 Å². The average molecular weight is 432 g/mol. The van der Waals surface area contributed by atoms with Gasteiger partial charge in [-0.25, -0.2) is 0 Å². The molecule has 1 fully saturated rings. The number of aliphatic hydroxyl groups is 1. The first kappa shape index (κ1) is 21.7. The van der Waals surface area contributed by atoms with Gasteiger partial charge in [0.25, 0.3) is 11.7 Å². The third-order valence-corrected chi connectivity index (χ3v) is 5.18. The summed E-state index contributed by atoms with van der Waals surface area (Å²) >= 11 is 6.00. The number of ketones is 1. The molecule has 0 aliphatic carbocycles. The highest BCUT2D eigenvalue weighted by Gasteiger charge is 2.46. The first-order valence-electron chi connectivity index (χ1n) is 9.18. The molecule has 2 aromatic rings. The zero-order valence-electron chi connectivity index (χ0n) is 16.8. The molecule has 0 radical (unpaired) electrons. The van der Waals surface area contributed by atoms with E-state index in [1.807, 2.05) is 0 Å². The molecule has 1 amide bonds. The Kier molecular flexibility index (Phi) is 6.64. The molecule has 1 heterocycles. The Hall–Kier alpha value is -3.03. The van der Waals surface area contributed by atoms with Crippen molar-refractivity contribution >= 4 is 29.1 Å². The Morgan fingerprint density at radius 1 is 1.07 bits per heavy atom. The molecule has 0 bridgehead atoms. The maximum Gasteiger partial charge on any atom is 0.295 e. The summed E-state index contributed by atoms with van der Waals surface area (Å²) < 4.78 is 15.7. The molecule has 1 unspecified atom stereocenters. The Morgan fingerprint density at radius 2 is 1.77 bits per heavy atom. The van der Waals surface area contributed by atoms with Gasteiger partial charge in [0.1, 0.15) is 17.3 Å². The van der Waals surface area contributed by atoms with Gasteiger partial charge in [0.05, 0.1) is 38.0 Å². The minimum atomic E-state index is -0.798. The second kappa shape index (κ2) is 9.19. The van der Waals surface area contributed by atoms with Gasteiger partial charge in [-0.05, 0) is 35.9 Å². The van der Waals surface area contributed by atoms with Gasteiger partial charge < -0.3 is 24.2 Å². The number of Topliss-reactive ketones (excluding diaryl/α,β-unsaturated/α-hetero) is 1. The number of halogens is 1. The number of hydrogen-bond acceptors (Lipinski definition) is 6. The van der Waals surface area contributed by atoms with E-state index in [-0.39, 0.29) is 30.0 Å². The molecule has 7 nitrogen and oxygen atoms in total. The summed E-state index contributed by atoms with van der Waals surface area (Å²) in [6.07, 6.45) is 0. The van der Waals surface area contributed by atoms with Crippen molar-refractivity contribution in [3.05, 3.63) is 64.2 Å². The van der Waals surface area contributed by atoms with E-state index in [2.05, 4.69) is 0 Å². The topological polar surface area (TPSA) is 85.3 Å². The molecule has 0 aromatic heterocycles. The van der Waals surface area contributed by atoms with E-state index in [1.54, 1.807) is 42.5 Å². The molecule has 1 aliphatic heterocycles. The van der Waals surface area contributed by atoms with E-state index >= 15 is 0 Å². The fourth-order valence-corrected chi connectivity index (χ4v) is 3.56. The minimum Gasteiger partial charge on any atom is -0.507 e. The monoisotopic (exact) mass is 431 g/mol. The molecule has 1 atom stereocenters. The highest BCUT2D eigenvalue weighted by molar-refractivity contribution is 6.46. The van der Waals surface area contributed by atoms with Gasteiger partial charge >= 0.3 is 0 Å². The summed E-state index contributed by atoms with van der Waals surface area (Å²) in [6.45, 7) is 0.417. The number of hydrogen-bond donors (Lipinski definition) is 1. The van der Waals surface area contributed by atoms with E-state index in [0.717, 1.165) is 0 Å². The molecule has 1 aliphatic rings. The van der Waals surface area contributed by atoms with Crippen LogP contribution in [0.15, 0.2) is 48.0 Å². The molecule has 0 saturated carbocycles. The Balaban J connectivity index is 2.22. The SMILES string of the molecule is COCCN1C(=O)C(=O)/C(=C(/O)c2cc(OC)ccc2OC)C1c1ccc(Cl)cc1. The number of amides is 1. The fraction of sp³-hybridized carbons (Fsp3) is 0.273. The third kappa shape index (κ3) is 3.99. The van der Waals surface area contributed by atoms with Crippen LogP contribution >= 0.6 is 11.6 Å². The van der Waals surface area contributed by atoms with Crippen LogP contribution in [0.2, 0.25) is 5.02 Å². The smallest absolute Gasteiger partial charge is 0.295 e. The number of methoxy groups -OCH3 is 3. The van der Waals surface area contributed by atoms with Crippen LogP contribution in [-0.2, 0) is 14.3 Å². The Bertz CT molecular complexity index is 986. The minimum absolute atomic E-state index is 0.0371. The van der Waals surface area contributed by atoms with E-state index in [9.17, 15) is 14.7 Å². The van der Waals surface area contributed by atoms with Crippen LogP contribution in [0.4, 0.5) is 0 Å². The molecule has 1 saturated heterocycles. The van der Waals surface area contributed by atoms with Crippen LogP contribution in [0.25, 0.3) is 5.76 Å². The second-order valence-electron chi connectivity index (χ2n) is 6.60. The highest BCUT2D eigenvalue weighted by atomic mass is 35.5. The molecule has 30 heavy (non-hydrogen) atoms. The predicted octanol–water partition coefficient (Wildman–Crippen LogP) is 3.43. The van der Waals surface area contributed by atoms with Crippen LogP contribution in [0.3, 0.4) is 0 Å². The van der Waals surface area contributed by atoms with Gasteiger partial charge in [-0.15, -0.1) is 0 Å². The van der Waals surface area contributed by atoms with Gasteiger partial charge in [-0.2, -0.15) is 0 Å². The quantitative estimate of drug-likeness (QED) is 0.410. The van der Waals surface area contributed by atoms with Crippen molar-refractivity contribution in [2.45, 2.75) is 6.04 Å². The fourth-order valence-electron chi connectivity index (χ4n) is 3.44. The van der Waals surface area contributed by atoms with E-state index in [1.165, 1.54) is 26.2 Å². The highest BCUT2D eigenvalue weighted by Crippen LogP contribution is 2.41. The number of benzene rings is 2. The van der Waals surface area contributed by atoms with Gasteiger partial charge in [0, 0.05) is 18.7 Å². The Morgan fingerprint density at radius 3 is 2.37 bits per heavy atom. The van der Waals surface area contributed by atoms with Crippen LogP contribution < -0.4 is 9.47 Å². The number of carbonyl (C=O) groups is 2. The summed E-state index contributed by atoms with van der Waals surface area (Å²) in [6, 6.07) is 10.8. The molecule has 0 spiro atoms. The number of aliphatic hydroxyl groups excluding tert-OH is 1. The van der Waals surface area contributed by atoms with Gasteiger partial charge in [0.2, 0.25) is 0 Å². The van der Waals surface area contributed by atoms with E-state index < -0.39 is 17.7 Å². The third-order valence-electron chi connectivity index (χ3n) is 4.92. The lowest BCUT2D eigenvalue weighted by molar-refractivity contribution is -0.140. The summed E-state index contributed by atoms with van der Waals surface area (Å²) in [7, 11) is 4.45. The molecule has 2 aromatic carbocycles. The number of likely N-dealkylation sites (tertiary alicyclic amines) is 1. The van der Waals surface area contributed by atoms with Crippen molar-refractivity contribution in [1.29, 1.82) is 0 Å². The van der Waals surface area contributed by atoms with Gasteiger partial charge in [-0.1, -0.05) is 23.7 Å².